The van der Waals surface area contributed by atoms with Gasteiger partial charge in [0.15, 0.2) is 0 Å². The molecule has 8 nitrogen and oxygen atoms in total. The molecule has 0 bridgehead atoms. The van der Waals surface area contributed by atoms with Crippen LogP contribution in [0, 0.1) is 0 Å². The van der Waals surface area contributed by atoms with E-state index in [1.54, 1.807) is 4.90 Å². The summed E-state index contributed by atoms with van der Waals surface area (Å²) in [5.74, 6) is 1.20. The number of amides is 2. The first-order valence-electron chi connectivity index (χ1n) is 12.4. The number of piperazine rings is 1. The van der Waals surface area contributed by atoms with Gasteiger partial charge in [0.2, 0.25) is 0 Å². The molecule has 3 heterocycles. The number of anilines is 2. The number of rotatable bonds is 2. The molecular formula is C26H40N4O4. The number of carbonyl (C=O) groups excluding carboxylic acids is 2. The number of pyridine rings is 1. The highest BCUT2D eigenvalue weighted by Gasteiger charge is 2.41. The maximum absolute atomic E-state index is 12.9. The summed E-state index contributed by atoms with van der Waals surface area (Å²) in [6.07, 6.45) is 2.40. The standard InChI is InChI=1S/C26H40N4O4/c1-24(2,3)33-22(31)29-12-11-18-20(15-19(17-9-10-17)27-21(18)29)28-13-14-30(26(7,8)16-28)23(32)34-25(4,5)6/h15,17H,9-14,16H2,1-8H3. The zero-order valence-corrected chi connectivity index (χ0v) is 22.0. The maximum Gasteiger partial charge on any atom is 0.416 e. The van der Waals surface area contributed by atoms with Crippen LogP contribution in [0.5, 0.6) is 0 Å². The van der Waals surface area contributed by atoms with Gasteiger partial charge in [-0.25, -0.2) is 14.6 Å². The second-order valence-electron chi connectivity index (χ2n) is 12.4. The Morgan fingerprint density at radius 3 is 2.15 bits per heavy atom. The average molecular weight is 473 g/mol. The molecule has 188 valence electrons. The van der Waals surface area contributed by atoms with E-state index in [-0.39, 0.29) is 12.2 Å². The molecular weight excluding hydrogens is 432 g/mol. The molecule has 2 aliphatic heterocycles. The van der Waals surface area contributed by atoms with Crippen LogP contribution in [-0.2, 0) is 15.9 Å². The lowest BCUT2D eigenvalue weighted by atomic mass is 9.97. The minimum absolute atomic E-state index is 0.271. The second-order valence-corrected chi connectivity index (χ2v) is 12.4. The van der Waals surface area contributed by atoms with Crippen LogP contribution in [0.2, 0.25) is 0 Å². The van der Waals surface area contributed by atoms with Crippen molar-refractivity contribution in [3.05, 3.63) is 17.3 Å². The van der Waals surface area contributed by atoms with Crippen LogP contribution in [-0.4, -0.2) is 65.0 Å². The number of fused-ring (bicyclic) bond motifs is 1. The lowest BCUT2D eigenvalue weighted by Gasteiger charge is -2.48. The van der Waals surface area contributed by atoms with Gasteiger partial charge < -0.3 is 14.4 Å². The molecule has 3 aliphatic rings. The van der Waals surface area contributed by atoms with E-state index in [2.05, 4.69) is 24.8 Å². The number of nitrogens with zero attached hydrogens (tertiary/aromatic N) is 4. The average Bonchev–Trinajstić information content (AvgIpc) is 3.42. The summed E-state index contributed by atoms with van der Waals surface area (Å²) in [5, 5.41) is 0. The second kappa shape index (κ2) is 8.31. The Bertz CT molecular complexity index is 972. The summed E-state index contributed by atoms with van der Waals surface area (Å²) >= 11 is 0. The van der Waals surface area contributed by atoms with Crippen LogP contribution in [0.4, 0.5) is 21.1 Å². The van der Waals surface area contributed by atoms with Crippen LogP contribution in [0.25, 0.3) is 0 Å². The van der Waals surface area contributed by atoms with Gasteiger partial charge in [-0.3, -0.25) is 9.80 Å². The van der Waals surface area contributed by atoms with Gasteiger partial charge in [0.25, 0.3) is 0 Å². The number of aromatic nitrogens is 1. The molecule has 1 aliphatic carbocycles. The van der Waals surface area contributed by atoms with E-state index in [4.69, 9.17) is 14.5 Å². The molecule has 1 aromatic heterocycles. The van der Waals surface area contributed by atoms with Crippen molar-refractivity contribution < 1.29 is 19.1 Å². The first kappa shape index (κ1) is 24.6. The first-order chi connectivity index (χ1) is 15.6. The molecule has 0 aromatic carbocycles. The molecule has 1 saturated heterocycles. The SMILES string of the molecule is CC(C)(C)OC(=O)N1CCc2c(N3CCN(C(=O)OC(C)(C)C)C(C)(C)C3)cc(C3CC3)nc21. The summed E-state index contributed by atoms with van der Waals surface area (Å²) in [6.45, 7) is 18.0. The lowest BCUT2D eigenvalue weighted by molar-refractivity contribution is 0.000342. The summed E-state index contributed by atoms with van der Waals surface area (Å²) in [4.78, 5) is 36.6. The Hall–Kier alpha value is -2.51. The van der Waals surface area contributed by atoms with Gasteiger partial charge in [-0.1, -0.05) is 0 Å². The van der Waals surface area contributed by atoms with E-state index < -0.39 is 16.7 Å². The van der Waals surface area contributed by atoms with E-state index >= 15 is 0 Å². The van der Waals surface area contributed by atoms with Gasteiger partial charge in [-0.15, -0.1) is 0 Å². The summed E-state index contributed by atoms with van der Waals surface area (Å²) in [6, 6.07) is 2.22. The van der Waals surface area contributed by atoms with Gasteiger partial charge in [-0.05, 0) is 80.7 Å². The number of ether oxygens (including phenoxy) is 2. The van der Waals surface area contributed by atoms with E-state index in [9.17, 15) is 9.59 Å². The third kappa shape index (κ3) is 5.26. The Morgan fingerprint density at radius 2 is 1.59 bits per heavy atom. The maximum atomic E-state index is 12.9. The highest BCUT2D eigenvalue weighted by Crippen LogP contribution is 2.45. The number of carbonyl (C=O) groups is 2. The molecule has 2 amide bonds. The van der Waals surface area contributed by atoms with Gasteiger partial charge in [-0.2, -0.15) is 0 Å². The summed E-state index contributed by atoms with van der Waals surface area (Å²) < 4.78 is 11.3. The zero-order valence-electron chi connectivity index (χ0n) is 22.0. The van der Waals surface area contributed by atoms with Crippen LogP contribution in [0.15, 0.2) is 6.07 Å². The zero-order chi connectivity index (χ0) is 25.1. The van der Waals surface area contributed by atoms with Crippen molar-refractivity contribution in [1.29, 1.82) is 0 Å². The Balaban J connectivity index is 1.61. The molecule has 0 N–H and O–H groups in total. The third-order valence-electron chi connectivity index (χ3n) is 6.41. The van der Waals surface area contributed by atoms with Gasteiger partial charge in [0, 0.05) is 49.0 Å². The van der Waals surface area contributed by atoms with Crippen LogP contribution < -0.4 is 9.80 Å². The minimum Gasteiger partial charge on any atom is -0.444 e. The number of hydrogen-bond donors (Lipinski definition) is 0. The van der Waals surface area contributed by atoms with Gasteiger partial charge >= 0.3 is 12.2 Å². The van der Waals surface area contributed by atoms with Gasteiger partial charge in [0.05, 0.1) is 5.54 Å². The highest BCUT2D eigenvalue weighted by molar-refractivity contribution is 5.91. The molecule has 34 heavy (non-hydrogen) atoms. The summed E-state index contributed by atoms with van der Waals surface area (Å²) in [7, 11) is 0. The Labute approximate surface area is 203 Å². The fourth-order valence-electron chi connectivity index (χ4n) is 4.74. The topological polar surface area (TPSA) is 75.2 Å². The Morgan fingerprint density at radius 1 is 0.971 bits per heavy atom. The van der Waals surface area contributed by atoms with Crippen LogP contribution in [0.1, 0.15) is 85.4 Å². The third-order valence-corrected chi connectivity index (χ3v) is 6.41. The Kier molecular flexibility index (Phi) is 6.01. The predicted molar refractivity (Wildman–Crippen MR) is 133 cm³/mol. The quantitative estimate of drug-likeness (QED) is 0.597. The van der Waals surface area contributed by atoms with Crippen LogP contribution >= 0.6 is 0 Å². The van der Waals surface area contributed by atoms with Crippen LogP contribution in [0.3, 0.4) is 0 Å². The monoisotopic (exact) mass is 472 g/mol. The largest absolute Gasteiger partial charge is 0.444 e. The molecule has 1 aromatic rings. The van der Waals surface area contributed by atoms with E-state index in [0.29, 0.717) is 32.1 Å². The molecule has 0 atom stereocenters. The van der Waals surface area contributed by atoms with Crippen molar-refractivity contribution in [2.75, 3.05) is 36.0 Å². The fraction of sp³-hybridized carbons (Fsp3) is 0.731. The molecule has 1 saturated carbocycles. The molecule has 8 heteroatoms. The van der Waals surface area contributed by atoms with E-state index in [1.165, 1.54) is 0 Å². The van der Waals surface area contributed by atoms with E-state index in [0.717, 1.165) is 42.0 Å². The lowest BCUT2D eigenvalue weighted by Crippen LogP contribution is -2.62. The smallest absolute Gasteiger partial charge is 0.416 e. The molecule has 0 radical (unpaired) electrons. The summed E-state index contributed by atoms with van der Waals surface area (Å²) in [5.41, 5.74) is 1.79. The minimum atomic E-state index is -0.557. The van der Waals surface area contributed by atoms with Crippen molar-refractivity contribution in [2.24, 2.45) is 0 Å². The normalized spacial score (nSPS) is 20.3. The fourth-order valence-corrected chi connectivity index (χ4v) is 4.74. The molecule has 0 spiro atoms. The highest BCUT2D eigenvalue weighted by atomic mass is 16.6. The molecule has 2 fully saturated rings. The van der Waals surface area contributed by atoms with E-state index in [1.807, 2.05) is 46.4 Å². The van der Waals surface area contributed by atoms with Gasteiger partial charge in [0.1, 0.15) is 17.0 Å². The van der Waals surface area contributed by atoms with Crippen molar-refractivity contribution in [2.45, 2.75) is 97.3 Å². The van der Waals surface area contributed by atoms with Crippen molar-refractivity contribution in [3.8, 4) is 0 Å². The van der Waals surface area contributed by atoms with Crippen molar-refractivity contribution in [1.82, 2.24) is 9.88 Å². The van der Waals surface area contributed by atoms with Crippen molar-refractivity contribution >= 4 is 23.7 Å². The number of hydrogen-bond acceptors (Lipinski definition) is 6. The molecule has 4 rings (SSSR count). The van der Waals surface area contributed by atoms with Crippen molar-refractivity contribution in [3.63, 3.8) is 0 Å². The predicted octanol–water partition coefficient (Wildman–Crippen LogP) is 5.09. The molecule has 0 unspecified atom stereocenters. The first-order valence-corrected chi connectivity index (χ1v) is 12.4.